The number of fused-ring (bicyclic) bond motifs is 18. The van der Waals surface area contributed by atoms with E-state index < -0.39 is 5.41 Å². The molecular weight excluding hydrogens is 833 g/mol. The Bertz CT molecular complexity index is 4050. The van der Waals surface area contributed by atoms with Crippen LogP contribution in [0.4, 0.5) is 17.1 Å². The van der Waals surface area contributed by atoms with E-state index in [1.807, 2.05) is 0 Å². The number of anilines is 3. The molecule has 1 atom stereocenters. The number of hydrogen-bond donors (Lipinski definition) is 0. The second-order valence-corrected chi connectivity index (χ2v) is 20.7. The number of rotatable bonds is 4. The predicted molar refractivity (Wildman–Crippen MR) is 287 cm³/mol. The molecule has 2 heterocycles. The van der Waals surface area contributed by atoms with E-state index in [9.17, 15) is 0 Å². The minimum atomic E-state index is -0.609. The monoisotopic (exact) mass is 880 g/mol. The summed E-state index contributed by atoms with van der Waals surface area (Å²) in [6, 6.07) is 83.1. The zero-order valence-electron chi connectivity index (χ0n) is 39.2. The standard InChI is InChI=1S/C67H48N2/c1-65(2)52-29-10-5-20-42(52)45-39-38-41(40-57(45)65)68(61-37-19-27-49-43-21-6-11-30-53(43)66(3,4)63(49)61)58-34-14-8-23-46(58)50-26-17-25-48-44-22-7-12-31-54(44)67(62(48)50)55-32-13-16-36-60(55)69-59-35-15-9-24-47(59)51-28-18-33-56(67)64(51)69/h5-40H,1-4H3. The fourth-order valence-corrected chi connectivity index (χ4v) is 14.0. The molecule has 0 amide bonds. The molecule has 0 saturated carbocycles. The van der Waals surface area contributed by atoms with Gasteiger partial charge in [-0.25, -0.2) is 0 Å². The van der Waals surface area contributed by atoms with E-state index in [0.717, 1.165) is 11.4 Å². The van der Waals surface area contributed by atoms with Crippen LogP contribution in [0.1, 0.15) is 72.2 Å². The zero-order chi connectivity index (χ0) is 46.0. The highest BCUT2D eigenvalue weighted by molar-refractivity contribution is 6.13. The van der Waals surface area contributed by atoms with Crippen molar-refractivity contribution in [3.63, 3.8) is 0 Å². The van der Waals surface area contributed by atoms with E-state index in [2.05, 4.69) is 256 Å². The first-order chi connectivity index (χ1) is 33.8. The van der Waals surface area contributed by atoms with Crippen molar-refractivity contribution in [2.24, 2.45) is 0 Å². The van der Waals surface area contributed by atoms with Gasteiger partial charge < -0.3 is 9.47 Å². The van der Waals surface area contributed by atoms with Gasteiger partial charge in [-0.15, -0.1) is 0 Å². The first-order valence-electron chi connectivity index (χ1n) is 24.5. The molecule has 10 aromatic carbocycles. The van der Waals surface area contributed by atoms with Crippen LogP contribution in [0.3, 0.4) is 0 Å². The molecule has 0 saturated heterocycles. The molecule has 11 aromatic rings. The van der Waals surface area contributed by atoms with E-state index in [0.29, 0.717) is 0 Å². The van der Waals surface area contributed by atoms with Crippen LogP contribution in [0.5, 0.6) is 0 Å². The molecule has 1 spiro atoms. The average Bonchev–Trinajstić information content (AvgIpc) is 4.04. The van der Waals surface area contributed by atoms with Crippen LogP contribution in [0.15, 0.2) is 218 Å². The molecule has 69 heavy (non-hydrogen) atoms. The summed E-state index contributed by atoms with van der Waals surface area (Å²) in [5.74, 6) is 0. The van der Waals surface area contributed by atoms with Crippen molar-refractivity contribution in [3.8, 4) is 50.2 Å². The maximum absolute atomic E-state index is 2.61. The lowest BCUT2D eigenvalue weighted by atomic mass is 9.64. The molecule has 2 nitrogen and oxygen atoms in total. The van der Waals surface area contributed by atoms with Gasteiger partial charge in [-0.2, -0.15) is 0 Å². The lowest BCUT2D eigenvalue weighted by Crippen LogP contribution is -2.34. The molecule has 1 aromatic heterocycles. The van der Waals surface area contributed by atoms with Crippen molar-refractivity contribution in [2.75, 3.05) is 4.90 Å². The first-order valence-corrected chi connectivity index (χ1v) is 24.5. The van der Waals surface area contributed by atoms with E-state index in [4.69, 9.17) is 0 Å². The summed E-state index contributed by atoms with van der Waals surface area (Å²) in [6.07, 6.45) is 0. The molecule has 1 unspecified atom stereocenters. The Morgan fingerprint density at radius 3 is 1.61 bits per heavy atom. The SMILES string of the molecule is CC1(C)c2ccccc2-c2ccc(N(c3ccccc3-c3cccc4c3C3(c5ccccc5-4)c4ccccc4-n4c5ccccc5c5cccc3c54)c3cccc4c3C(C)(C)c3ccccc3-4)cc21. The summed E-state index contributed by atoms with van der Waals surface area (Å²) in [5.41, 5.74) is 27.3. The van der Waals surface area contributed by atoms with Gasteiger partial charge in [-0.1, -0.05) is 210 Å². The van der Waals surface area contributed by atoms with Gasteiger partial charge in [0, 0.05) is 32.9 Å². The van der Waals surface area contributed by atoms with Crippen molar-refractivity contribution in [3.05, 3.63) is 263 Å². The fraction of sp³-hybridized carbons (Fsp3) is 0.104. The third-order valence-electron chi connectivity index (χ3n) is 16.8. The highest BCUT2D eigenvalue weighted by Gasteiger charge is 2.52. The lowest BCUT2D eigenvalue weighted by molar-refractivity contribution is 0.658. The Labute approximate surface area is 403 Å². The largest absolute Gasteiger partial charge is 0.310 e. The molecule has 0 N–H and O–H groups in total. The molecule has 1 aliphatic heterocycles. The summed E-state index contributed by atoms with van der Waals surface area (Å²) in [6.45, 7) is 9.62. The van der Waals surface area contributed by atoms with Crippen LogP contribution in [-0.2, 0) is 16.2 Å². The van der Waals surface area contributed by atoms with Gasteiger partial charge in [0.2, 0.25) is 0 Å². The van der Waals surface area contributed by atoms with Crippen molar-refractivity contribution in [1.29, 1.82) is 0 Å². The molecule has 15 rings (SSSR count). The van der Waals surface area contributed by atoms with Crippen molar-refractivity contribution < 1.29 is 0 Å². The summed E-state index contributed by atoms with van der Waals surface area (Å²) in [5, 5.41) is 2.57. The Morgan fingerprint density at radius 1 is 0.333 bits per heavy atom. The predicted octanol–water partition coefficient (Wildman–Crippen LogP) is 17.2. The maximum Gasteiger partial charge on any atom is 0.0760 e. The van der Waals surface area contributed by atoms with E-state index >= 15 is 0 Å². The van der Waals surface area contributed by atoms with Gasteiger partial charge in [-0.3, -0.25) is 0 Å². The molecule has 326 valence electrons. The highest BCUT2D eigenvalue weighted by atomic mass is 15.1. The quantitative estimate of drug-likeness (QED) is 0.171. The third-order valence-corrected chi connectivity index (χ3v) is 16.8. The zero-order valence-corrected chi connectivity index (χ0v) is 39.2. The van der Waals surface area contributed by atoms with Crippen LogP contribution in [-0.4, -0.2) is 4.57 Å². The van der Waals surface area contributed by atoms with Crippen LogP contribution >= 0.6 is 0 Å². The molecule has 3 aliphatic carbocycles. The van der Waals surface area contributed by atoms with Crippen molar-refractivity contribution >= 4 is 38.9 Å². The topological polar surface area (TPSA) is 8.17 Å². The van der Waals surface area contributed by atoms with Gasteiger partial charge in [0.05, 0.1) is 33.5 Å². The van der Waals surface area contributed by atoms with Gasteiger partial charge >= 0.3 is 0 Å². The van der Waals surface area contributed by atoms with Crippen LogP contribution in [0, 0.1) is 0 Å². The minimum absolute atomic E-state index is 0.169. The summed E-state index contributed by atoms with van der Waals surface area (Å²) >= 11 is 0. The number of benzene rings is 10. The molecule has 2 heteroatoms. The summed E-state index contributed by atoms with van der Waals surface area (Å²) < 4.78 is 2.54. The van der Waals surface area contributed by atoms with Crippen LogP contribution < -0.4 is 4.90 Å². The second kappa shape index (κ2) is 13.5. The maximum atomic E-state index is 2.61. The van der Waals surface area contributed by atoms with Crippen LogP contribution in [0.2, 0.25) is 0 Å². The number of aromatic nitrogens is 1. The molecular formula is C67H48N2. The lowest BCUT2D eigenvalue weighted by Gasteiger charge is -2.41. The Morgan fingerprint density at radius 2 is 0.826 bits per heavy atom. The molecule has 0 bridgehead atoms. The third kappa shape index (κ3) is 4.76. The van der Waals surface area contributed by atoms with Crippen LogP contribution in [0.25, 0.3) is 72.0 Å². The van der Waals surface area contributed by atoms with E-state index in [-0.39, 0.29) is 10.8 Å². The number of nitrogens with zero attached hydrogens (tertiary/aromatic N) is 2. The molecule has 0 radical (unpaired) electrons. The van der Waals surface area contributed by atoms with E-state index in [1.165, 1.54) is 122 Å². The van der Waals surface area contributed by atoms with Gasteiger partial charge in [0.15, 0.2) is 0 Å². The van der Waals surface area contributed by atoms with Crippen molar-refractivity contribution in [1.82, 2.24) is 4.57 Å². The summed E-state index contributed by atoms with van der Waals surface area (Å²) in [4.78, 5) is 2.61. The average molecular weight is 881 g/mol. The molecule has 4 aliphatic rings. The van der Waals surface area contributed by atoms with E-state index in [1.54, 1.807) is 0 Å². The Balaban J connectivity index is 1.05. The minimum Gasteiger partial charge on any atom is -0.310 e. The Hall–Kier alpha value is -8.20. The Kier molecular flexibility index (Phi) is 7.60. The highest BCUT2D eigenvalue weighted by Crippen LogP contribution is 2.64. The first kappa shape index (κ1) is 38.9. The van der Waals surface area contributed by atoms with Gasteiger partial charge in [0.1, 0.15) is 0 Å². The smallest absolute Gasteiger partial charge is 0.0760 e. The second-order valence-electron chi connectivity index (χ2n) is 20.7. The number of hydrogen-bond acceptors (Lipinski definition) is 1. The van der Waals surface area contributed by atoms with Gasteiger partial charge in [-0.05, 0) is 120 Å². The van der Waals surface area contributed by atoms with Crippen molar-refractivity contribution in [2.45, 2.75) is 43.9 Å². The van der Waals surface area contributed by atoms with Gasteiger partial charge in [0.25, 0.3) is 0 Å². The normalized spacial score (nSPS) is 16.7. The number of para-hydroxylation sites is 4. The summed E-state index contributed by atoms with van der Waals surface area (Å²) in [7, 11) is 0. The fourth-order valence-electron chi connectivity index (χ4n) is 14.0. The molecule has 0 fully saturated rings.